The summed E-state index contributed by atoms with van der Waals surface area (Å²) >= 11 is 1.37. The monoisotopic (exact) mass is 435 g/mol. The van der Waals surface area contributed by atoms with Crippen LogP contribution in [-0.2, 0) is 17.4 Å². The van der Waals surface area contributed by atoms with Crippen LogP contribution < -0.4 is 4.90 Å². The highest BCUT2D eigenvalue weighted by molar-refractivity contribution is 7.99. The molecule has 5 rings (SSSR count). The molecule has 0 fully saturated rings. The molecule has 6 heteroatoms. The molecule has 0 unspecified atom stereocenters. The van der Waals surface area contributed by atoms with E-state index in [-0.39, 0.29) is 18.0 Å². The van der Waals surface area contributed by atoms with Gasteiger partial charge in [0.1, 0.15) is 0 Å². The van der Waals surface area contributed by atoms with Crippen LogP contribution in [0.2, 0.25) is 0 Å². The van der Waals surface area contributed by atoms with E-state index in [1.54, 1.807) is 12.1 Å². The number of fused-ring (bicyclic) bond motifs is 3. The number of hydrogen-bond acceptors (Lipinski definition) is 2. The lowest BCUT2D eigenvalue weighted by Crippen LogP contribution is -2.30. The molecule has 1 heterocycles. The number of nitrogens with zero attached hydrogens (tertiary/aromatic N) is 1. The van der Waals surface area contributed by atoms with E-state index in [1.807, 2.05) is 54.6 Å². The number of rotatable bonds is 2. The minimum atomic E-state index is -4.49. The first-order valence-electron chi connectivity index (χ1n) is 9.69. The minimum Gasteiger partial charge on any atom is -0.278 e. The number of carbonyl (C=O) groups is 1. The van der Waals surface area contributed by atoms with Crippen LogP contribution in [0.3, 0.4) is 0 Å². The number of anilines is 2. The fourth-order valence-corrected chi connectivity index (χ4v) is 4.93. The molecule has 1 aliphatic heterocycles. The minimum absolute atomic E-state index is 0.0794. The number of carbonyl (C=O) groups excluding carboxylic acids is 1. The SMILES string of the molecule is O=C(Cc1cccc2ccccc12)N1c2ccccc2Sc2ccc(C(F)(F)F)cc21. The van der Waals surface area contributed by atoms with E-state index in [4.69, 9.17) is 0 Å². The number of hydrogen-bond donors (Lipinski definition) is 0. The Labute approximate surface area is 181 Å². The van der Waals surface area contributed by atoms with Gasteiger partial charge in [0.25, 0.3) is 0 Å². The van der Waals surface area contributed by atoms with Gasteiger partial charge in [-0.15, -0.1) is 0 Å². The summed E-state index contributed by atoms with van der Waals surface area (Å²) in [5, 5.41) is 1.98. The predicted octanol–water partition coefficient (Wildman–Crippen LogP) is 7.23. The molecule has 154 valence electrons. The highest BCUT2D eigenvalue weighted by Crippen LogP contribution is 2.49. The molecule has 0 saturated heterocycles. The maximum atomic E-state index is 13.5. The third-order valence-corrected chi connectivity index (χ3v) is 6.45. The van der Waals surface area contributed by atoms with Gasteiger partial charge in [-0.2, -0.15) is 13.2 Å². The van der Waals surface area contributed by atoms with Gasteiger partial charge in [-0.3, -0.25) is 9.69 Å². The average molecular weight is 435 g/mol. The summed E-state index contributed by atoms with van der Waals surface area (Å²) < 4.78 is 40.2. The Hall–Kier alpha value is -3.25. The summed E-state index contributed by atoms with van der Waals surface area (Å²) in [4.78, 5) is 16.4. The molecule has 4 aromatic carbocycles. The van der Waals surface area contributed by atoms with Crippen molar-refractivity contribution in [1.29, 1.82) is 0 Å². The molecule has 0 aliphatic carbocycles. The first-order chi connectivity index (χ1) is 14.9. The van der Waals surface area contributed by atoms with Crippen molar-refractivity contribution in [3.05, 3.63) is 96.1 Å². The van der Waals surface area contributed by atoms with E-state index < -0.39 is 11.7 Å². The zero-order valence-electron chi connectivity index (χ0n) is 16.2. The Morgan fingerprint density at radius 3 is 2.35 bits per heavy atom. The van der Waals surface area contributed by atoms with Gasteiger partial charge >= 0.3 is 6.18 Å². The Morgan fingerprint density at radius 2 is 1.52 bits per heavy atom. The molecule has 0 atom stereocenters. The van der Waals surface area contributed by atoms with E-state index in [9.17, 15) is 18.0 Å². The van der Waals surface area contributed by atoms with Crippen LogP contribution in [0.1, 0.15) is 11.1 Å². The zero-order chi connectivity index (χ0) is 21.6. The average Bonchev–Trinajstić information content (AvgIpc) is 2.76. The predicted molar refractivity (Wildman–Crippen MR) is 117 cm³/mol. The lowest BCUT2D eigenvalue weighted by Gasteiger charge is -2.32. The van der Waals surface area contributed by atoms with E-state index in [0.717, 1.165) is 33.4 Å². The van der Waals surface area contributed by atoms with E-state index in [0.29, 0.717) is 10.6 Å². The van der Waals surface area contributed by atoms with Gasteiger partial charge in [-0.05, 0) is 46.7 Å². The highest BCUT2D eigenvalue weighted by atomic mass is 32.2. The van der Waals surface area contributed by atoms with Gasteiger partial charge in [-0.25, -0.2) is 0 Å². The quantitative estimate of drug-likeness (QED) is 0.331. The molecule has 0 bridgehead atoms. The topological polar surface area (TPSA) is 20.3 Å². The summed E-state index contributed by atoms with van der Waals surface area (Å²) in [6, 6.07) is 24.4. The van der Waals surface area contributed by atoms with Crippen LogP contribution in [-0.4, -0.2) is 5.91 Å². The third kappa shape index (κ3) is 3.57. The first kappa shape index (κ1) is 19.7. The highest BCUT2D eigenvalue weighted by Gasteiger charge is 2.34. The van der Waals surface area contributed by atoms with Crippen molar-refractivity contribution in [2.75, 3.05) is 4.90 Å². The molecule has 4 aromatic rings. The molecular weight excluding hydrogens is 419 g/mol. The van der Waals surface area contributed by atoms with Crippen LogP contribution in [0.15, 0.2) is 94.7 Å². The summed E-state index contributed by atoms with van der Waals surface area (Å²) in [6.07, 6.45) is -4.41. The van der Waals surface area contributed by atoms with Crippen LogP contribution in [0.4, 0.5) is 24.5 Å². The molecule has 0 radical (unpaired) electrons. The molecule has 0 spiro atoms. The number of benzene rings is 4. The Morgan fingerprint density at radius 1 is 0.806 bits per heavy atom. The maximum absolute atomic E-state index is 13.5. The van der Waals surface area contributed by atoms with Gasteiger partial charge in [0.05, 0.1) is 23.4 Å². The number of amides is 1. The number of para-hydroxylation sites is 1. The molecule has 31 heavy (non-hydrogen) atoms. The number of halogens is 3. The molecule has 2 nitrogen and oxygen atoms in total. The second kappa shape index (κ2) is 7.46. The Bertz CT molecular complexity index is 1310. The van der Waals surface area contributed by atoms with E-state index in [1.165, 1.54) is 22.7 Å². The van der Waals surface area contributed by atoms with Crippen LogP contribution >= 0.6 is 11.8 Å². The van der Waals surface area contributed by atoms with Gasteiger partial charge in [0, 0.05) is 9.79 Å². The zero-order valence-corrected chi connectivity index (χ0v) is 17.0. The van der Waals surface area contributed by atoms with Gasteiger partial charge in [-0.1, -0.05) is 66.4 Å². The summed E-state index contributed by atoms with van der Waals surface area (Å²) in [6.45, 7) is 0. The lowest BCUT2D eigenvalue weighted by atomic mass is 10.0. The summed E-state index contributed by atoms with van der Waals surface area (Å²) in [5.41, 5.74) is 0.940. The first-order valence-corrected chi connectivity index (χ1v) is 10.5. The second-order valence-electron chi connectivity index (χ2n) is 7.29. The molecule has 0 aromatic heterocycles. The fourth-order valence-electron chi connectivity index (χ4n) is 3.89. The standard InChI is InChI=1S/C25H16F3NOS/c26-25(27,28)18-12-13-23-21(15-18)29(20-10-3-4-11-22(20)31-23)24(30)14-17-8-5-7-16-6-1-2-9-19(16)17/h1-13,15H,14H2. The normalized spacial score (nSPS) is 13.1. The van der Waals surface area contributed by atoms with Gasteiger partial charge in [0.15, 0.2) is 0 Å². The molecule has 1 amide bonds. The van der Waals surface area contributed by atoms with Crippen LogP contribution in [0, 0.1) is 0 Å². The van der Waals surface area contributed by atoms with Crippen molar-refractivity contribution in [2.45, 2.75) is 22.4 Å². The molecule has 0 N–H and O–H groups in total. The molecule has 1 aliphatic rings. The fraction of sp³-hybridized carbons (Fsp3) is 0.0800. The smallest absolute Gasteiger partial charge is 0.278 e. The van der Waals surface area contributed by atoms with E-state index in [2.05, 4.69) is 0 Å². The van der Waals surface area contributed by atoms with E-state index >= 15 is 0 Å². The van der Waals surface area contributed by atoms with Crippen molar-refractivity contribution >= 4 is 39.8 Å². The van der Waals surface area contributed by atoms with Gasteiger partial charge in [0.2, 0.25) is 5.91 Å². The van der Waals surface area contributed by atoms with Crippen molar-refractivity contribution in [3.8, 4) is 0 Å². The lowest BCUT2D eigenvalue weighted by molar-refractivity contribution is -0.137. The van der Waals surface area contributed by atoms with Crippen molar-refractivity contribution < 1.29 is 18.0 Å². The Kier molecular flexibility index (Phi) is 4.74. The summed E-state index contributed by atoms with van der Waals surface area (Å²) in [5.74, 6) is -0.273. The van der Waals surface area contributed by atoms with Crippen molar-refractivity contribution in [3.63, 3.8) is 0 Å². The largest absolute Gasteiger partial charge is 0.416 e. The third-order valence-electron chi connectivity index (χ3n) is 5.32. The Balaban J connectivity index is 1.61. The van der Waals surface area contributed by atoms with Gasteiger partial charge < -0.3 is 0 Å². The van der Waals surface area contributed by atoms with Crippen molar-refractivity contribution in [2.24, 2.45) is 0 Å². The molecule has 0 saturated carbocycles. The van der Waals surface area contributed by atoms with Crippen molar-refractivity contribution in [1.82, 2.24) is 0 Å². The van der Waals surface area contributed by atoms with Crippen LogP contribution in [0.25, 0.3) is 10.8 Å². The summed E-state index contributed by atoms with van der Waals surface area (Å²) in [7, 11) is 0. The maximum Gasteiger partial charge on any atom is 0.416 e. The second-order valence-corrected chi connectivity index (χ2v) is 8.38. The molecular formula is C25H16F3NOS. The number of alkyl halides is 3. The van der Waals surface area contributed by atoms with Crippen LogP contribution in [0.5, 0.6) is 0 Å².